The Labute approximate surface area is 145 Å². The van der Waals surface area contributed by atoms with Crippen molar-refractivity contribution in [1.29, 1.82) is 0 Å². The first-order valence-corrected chi connectivity index (χ1v) is 8.66. The minimum absolute atomic E-state index is 0.210. The van der Waals surface area contributed by atoms with Gasteiger partial charge in [-0.25, -0.2) is 4.98 Å². The van der Waals surface area contributed by atoms with Gasteiger partial charge in [-0.3, -0.25) is 10.1 Å². The Balaban J connectivity index is 1.84. The van der Waals surface area contributed by atoms with Gasteiger partial charge in [0.15, 0.2) is 16.6 Å². The average Bonchev–Trinajstić information content (AvgIpc) is 3.34. The Kier molecular flexibility index (Phi) is 4.85. The van der Waals surface area contributed by atoms with Gasteiger partial charge in [-0.1, -0.05) is 6.08 Å². The van der Waals surface area contributed by atoms with Crippen molar-refractivity contribution in [3.05, 3.63) is 47.0 Å². The second-order valence-corrected chi connectivity index (χ2v) is 6.53. The van der Waals surface area contributed by atoms with Gasteiger partial charge in [0.1, 0.15) is 0 Å². The molecular weight excluding hydrogens is 324 g/mol. The molecule has 1 aliphatic rings. The molecule has 1 aliphatic carbocycles. The van der Waals surface area contributed by atoms with E-state index < -0.39 is 0 Å². The predicted octanol–water partition coefficient (Wildman–Crippen LogP) is 4.02. The van der Waals surface area contributed by atoms with Crippen molar-refractivity contribution in [2.75, 3.05) is 19.5 Å². The summed E-state index contributed by atoms with van der Waals surface area (Å²) in [6.45, 7) is 3.75. The normalized spacial score (nSPS) is 13.4. The number of nitrogens with one attached hydrogen (secondary N) is 1. The summed E-state index contributed by atoms with van der Waals surface area (Å²) in [7, 11) is 3.14. The lowest BCUT2D eigenvalue weighted by Gasteiger charge is -2.14. The van der Waals surface area contributed by atoms with E-state index in [1.54, 1.807) is 32.4 Å². The highest BCUT2D eigenvalue weighted by atomic mass is 32.1. The molecule has 5 nitrogen and oxygen atoms in total. The van der Waals surface area contributed by atoms with Crippen LogP contribution in [0.15, 0.2) is 30.2 Å². The van der Waals surface area contributed by atoms with Crippen LogP contribution >= 0.6 is 11.3 Å². The van der Waals surface area contributed by atoms with Gasteiger partial charge < -0.3 is 9.47 Å². The van der Waals surface area contributed by atoms with E-state index in [0.29, 0.717) is 34.5 Å². The van der Waals surface area contributed by atoms with E-state index in [1.165, 1.54) is 24.2 Å². The minimum atomic E-state index is -0.210. The predicted molar refractivity (Wildman–Crippen MR) is 95.5 cm³/mol. The molecule has 0 spiro atoms. The lowest BCUT2D eigenvalue weighted by molar-refractivity contribution is 0.102. The van der Waals surface area contributed by atoms with E-state index in [-0.39, 0.29) is 5.91 Å². The fourth-order valence-electron chi connectivity index (χ4n) is 2.56. The summed E-state index contributed by atoms with van der Waals surface area (Å²) in [6.07, 6.45) is 4.74. The number of hydrogen-bond donors (Lipinski definition) is 1. The van der Waals surface area contributed by atoms with Crippen molar-refractivity contribution in [1.82, 2.24) is 4.98 Å². The molecule has 24 heavy (non-hydrogen) atoms. The van der Waals surface area contributed by atoms with Crippen LogP contribution in [-0.2, 0) is 6.42 Å². The number of benzene rings is 1. The largest absolute Gasteiger partial charge is 0.493 e. The number of aromatic nitrogens is 1. The van der Waals surface area contributed by atoms with Crippen LogP contribution in [0.4, 0.5) is 5.13 Å². The fraction of sp³-hybridized carbons (Fsp3) is 0.333. The highest BCUT2D eigenvalue weighted by Crippen LogP contribution is 2.41. The first kappa shape index (κ1) is 16.5. The monoisotopic (exact) mass is 344 g/mol. The number of carbonyl (C=O) groups is 1. The summed E-state index contributed by atoms with van der Waals surface area (Å²) in [5, 5.41) is 5.51. The molecule has 1 heterocycles. The number of nitrogens with zero attached hydrogens (tertiary/aromatic N) is 1. The molecule has 1 fully saturated rings. The van der Waals surface area contributed by atoms with E-state index >= 15 is 0 Å². The van der Waals surface area contributed by atoms with Gasteiger partial charge in [0.25, 0.3) is 5.91 Å². The standard InChI is InChI=1S/C18H20N2O3S/c1-4-5-12-8-13(9-15(22-2)16(12)23-3)17(21)20-18-19-14(10-24-18)11-6-7-11/h4,8-11H,1,5-7H2,2-3H3,(H,19,20,21). The van der Waals surface area contributed by atoms with E-state index in [4.69, 9.17) is 9.47 Å². The second kappa shape index (κ2) is 7.05. The Bertz CT molecular complexity index is 766. The van der Waals surface area contributed by atoms with Gasteiger partial charge in [-0.2, -0.15) is 0 Å². The smallest absolute Gasteiger partial charge is 0.257 e. The molecule has 1 amide bonds. The number of anilines is 1. The molecule has 1 saturated carbocycles. The third-order valence-electron chi connectivity index (χ3n) is 3.92. The fourth-order valence-corrected chi connectivity index (χ4v) is 3.35. The maximum atomic E-state index is 12.6. The third-order valence-corrected chi connectivity index (χ3v) is 4.70. The van der Waals surface area contributed by atoms with Crippen LogP contribution in [0.1, 0.15) is 40.4 Å². The van der Waals surface area contributed by atoms with Crippen LogP contribution in [0.25, 0.3) is 0 Å². The number of carbonyl (C=O) groups excluding carboxylic acids is 1. The highest BCUT2D eigenvalue weighted by Gasteiger charge is 2.26. The van der Waals surface area contributed by atoms with Crippen LogP contribution in [-0.4, -0.2) is 25.1 Å². The summed E-state index contributed by atoms with van der Waals surface area (Å²) in [5.74, 6) is 1.52. The molecule has 3 rings (SSSR count). The lowest BCUT2D eigenvalue weighted by Crippen LogP contribution is -2.13. The first-order chi connectivity index (χ1) is 11.7. The molecule has 1 N–H and O–H groups in total. The summed E-state index contributed by atoms with van der Waals surface area (Å²) < 4.78 is 10.8. The molecule has 2 aromatic rings. The highest BCUT2D eigenvalue weighted by molar-refractivity contribution is 7.14. The van der Waals surface area contributed by atoms with Crippen molar-refractivity contribution in [2.45, 2.75) is 25.2 Å². The van der Waals surface area contributed by atoms with Crippen LogP contribution in [0.2, 0.25) is 0 Å². The molecule has 0 atom stereocenters. The first-order valence-electron chi connectivity index (χ1n) is 7.78. The molecule has 0 saturated heterocycles. The van der Waals surface area contributed by atoms with Gasteiger partial charge in [-0.05, 0) is 31.4 Å². The Morgan fingerprint density at radius 2 is 2.21 bits per heavy atom. The van der Waals surface area contributed by atoms with Crippen molar-refractivity contribution >= 4 is 22.4 Å². The molecule has 1 aromatic carbocycles. The average molecular weight is 344 g/mol. The van der Waals surface area contributed by atoms with Gasteiger partial charge in [0.2, 0.25) is 0 Å². The summed E-state index contributed by atoms with van der Waals surface area (Å²) >= 11 is 1.46. The summed E-state index contributed by atoms with van der Waals surface area (Å²) in [4.78, 5) is 17.1. The zero-order valence-electron chi connectivity index (χ0n) is 13.8. The van der Waals surface area contributed by atoms with E-state index in [0.717, 1.165) is 11.3 Å². The summed E-state index contributed by atoms with van der Waals surface area (Å²) in [6, 6.07) is 3.48. The van der Waals surface area contributed by atoms with Crippen molar-refractivity contribution in [2.24, 2.45) is 0 Å². The third kappa shape index (κ3) is 3.43. The molecule has 6 heteroatoms. The molecule has 0 aliphatic heterocycles. The van der Waals surface area contributed by atoms with E-state index in [1.807, 2.05) is 5.38 Å². The SMILES string of the molecule is C=CCc1cc(C(=O)Nc2nc(C3CC3)cs2)cc(OC)c1OC. The zero-order chi connectivity index (χ0) is 17.1. The molecule has 0 radical (unpaired) electrons. The Morgan fingerprint density at radius 3 is 2.83 bits per heavy atom. The number of methoxy groups -OCH3 is 2. The summed E-state index contributed by atoms with van der Waals surface area (Å²) in [5.41, 5.74) is 2.44. The quantitative estimate of drug-likeness (QED) is 0.771. The number of ether oxygens (including phenoxy) is 2. The van der Waals surface area contributed by atoms with Crippen LogP contribution < -0.4 is 14.8 Å². The lowest BCUT2D eigenvalue weighted by atomic mass is 10.1. The molecule has 126 valence electrons. The topological polar surface area (TPSA) is 60.5 Å². The minimum Gasteiger partial charge on any atom is -0.493 e. The molecule has 0 bridgehead atoms. The number of thiazole rings is 1. The van der Waals surface area contributed by atoms with Crippen molar-refractivity contribution < 1.29 is 14.3 Å². The van der Waals surface area contributed by atoms with Gasteiger partial charge in [0, 0.05) is 22.4 Å². The van der Waals surface area contributed by atoms with Crippen molar-refractivity contribution in [3.8, 4) is 11.5 Å². The molecular formula is C18H20N2O3S. The maximum Gasteiger partial charge on any atom is 0.257 e. The number of rotatable bonds is 7. The zero-order valence-corrected chi connectivity index (χ0v) is 14.6. The van der Waals surface area contributed by atoms with E-state index in [9.17, 15) is 4.79 Å². The Morgan fingerprint density at radius 1 is 1.42 bits per heavy atom. The maximum absolute atomic E-state index is 12.6. The Hall–Kier alpha value is -2.34. The molecule has 0 unspecified atom stereocenters. The van der Waals surface area contributed by atoms with Gasteiger partial charge >= 0.3 is 0 Å². The number of allylic oxidation sites excluding steroid dienone is 1. The number of hydrogen-bond acceptors (Lipinski definition) is 5. The van der Waals surface area contributed by atoms with Gasteiger partial charge in [-0.15, -0.1) is 17.9 Å². The van der Waals surface area contributed by atoms with Crippen LogP contribution in [0, 0.1) is 0 Å². The van der Waals surface area contributed by atoms with Crippen LogP contribution in [0.3, 0.4) is 0 Å². The van der Waals surface area contributed by atoms with Crippen molar-refractivity contribution in [3.63, 3.8) is 0 Å². The second-order valence-electron chi connectivity index (χ2n) is 5.67. The van der Waals surface area contributed by atoms with Gasteiger partial charge in [0.05, 0.1) is 19.9 Å². The molecule has 1 aromatic heterocycles. The van der Waals surface area contributed by atoms with E-state index in [2.05, 4.69) is 16.9 Å². The van der Waals surface area contributed by atoms with Crippen LogP contribution in [0.5, 0.6) is 11.5 Å². The number of amides is 1.